The fraction of sp³-hybridized carbons (Fsp3) is 0.417. The van der Waals surface area contributed by atoms with Crippen LogP contribution in [0.5, 0.6) is 0 Å². The van der Waals surface area contributed by atoms with Gasteiger partial charge in [0, 0.05) is 32.7 Å². The minimum absolute atomic E-state index is 0.170. The van der Waals surface area contributed by atoms with Crippen molar-refractivity contribution in [2.75, 3.05) is 25.5 Å². The Morgan fingerprint density at radius 2 is 1.78 bits per heavy atom. The molecule has 0 saturated carbocycles. The molecule has 0 bridgehead atoms. The minimum atomic E-state index is -3.67. The van der Waals surface area contributed by atoms with Crippen LogP contribution in [-0.4, -0.2) is 39.3 Å². The Kier molecular flexibility index (Phi) is 3.30. The van der Waals surface area contributed by atoms with Crippen molar-refractivity contribution < 1.29 is 13.2 Å². The van der Waals surface area contributed by atoms with Crippen LogP contribution in [0.1, 0.15) is 12.8 Å². The van der Waals surface area contributed by atoms with Gasteiger partial charge in [0.2, 0.25) is 5.91 Å². The summed E-state index contributed by atoms with van der Waals surface area (Å²) < 4.78 is 25.4. The number of hydrogen-bond acceptors (Lipinski definition) is 4. The number of nitrogens with zero attached hydrogens (tertiary/aromatic N) is 2. The number of amides is 1. The van der Waals surface area contributed by atoms with Gasteiger partial charge in [0.1, 0.15) is 0 Å². The molecule has 98 valence electrons. The van der Waals surface area contributed by atoms with Crippen molar-refractivity contribution in [1.82, 2.24) is 4.31 Å². The molecular weight excluding hydrogens is 252 g/mol. The van der Waals surface area contributed by atoms with Crippen molar-refractivity contribution in [1.29, 1.82) is 0 Å². The fourth-order valence-corrected chi connectivity index (χ4v) is 3.38. The molecule has 0 atom stereocenters. The van der Waals surface area contributed by atoms with Gasteiger partial charge in [0.25, 0.3) is 10.0 Å². The Balaban J connectivity index is 2.33. The van der Waals surface area contributed by atoms with Gasteiger partial charge in [-0.1, -0.05) is 0 Å². The second-order valence-electron chi connectivity index (χ2n) is 4.46. The van der Waals surface area contributed by atoms with Crippen LogP contribution in [0.2, 0.25) is 0 Å². The molecule has 1 aliphatic rings. The number of sulfonamides is 1. The van der Waals surface area contributed by atoms with E-state index in [2.05, 4.69) is 0 Å². The Morgan fingerprint density at radius 3 is 2.22 bits per heavy atom. The Labute approximate surface area is 107 Å². The van der Waals surface area contributed by atoms with Gasteiger partial charge in [-0.3, -0.25) is 4.79 Å². The Bertz CT molecular complexity index is 549. The summed E-state index contributed by atoms with van der Waals surface area (Å²) >= 11 is 0. The van der Waals surface area contributed by atoms with Crippen LogP contribution in [-0.2, 0) is 14.8 Å². The predicted octanol–water partition coefficient (Wildman–Crippen LogP) is 1.06. The first-order chi connectivity index (χ1) is 8.43. The van der Waals surface area contributed by atoms with E-state index >= 15 is 0 Å². The largest absolute Gasteiger partial charge is 0.378 e. The molecule has 0 N–H and O–H groups in total. The molecular formula is C12H16N2O3S. The highest BCUT2D eigenvalue weighted by Crippen LogP contribution is 2.23. The van der Waals surface area contributed by atoms with Gasteiger partial charge in [-0.15, -0.1) is 0 Å². The van der Waals surface area contributed by atoms with Crippen LogP contribution in [0.3, 0.4) is 0 Å². The Hall–Kier alpha value is -1.56. The van der Waals surface area contributed by atoms with E-state index in [0.29, 0.717) is 12.8 Å². The molecule has 1 aliphatic heterocycles. The molecule has 1 heterocycles. The molecule has 0 aromatic heterocycles. The topological polar surface area (TPSA) is 57.7 Å². The van der Waals surface area contributed by atoms with E-state index in [4.69, 9.17) is 0 Å². The number of anilines is 1. The lowest BCUT2D eigenvalue weighted by atomic mass is 10.3. The highest BCUT2D eigenvalue weighted by molar-refractivity contribution is 7.89. The fourth-order valence-electron chi connectivity index (χ4n) is 1.92. The molecule has 1 saturated heterocycles. The Morgan fingerprint density at radius 1 is 1.17 bits per heavy atom. The molecule has 1 aromatic carbocycles. The average Bonchev–Trinajstić information content (AvgIpc) is 2.76. The van der Waals surface area contributed by atoms with Crippen LogP contribution in [0, 0.1) is 0 Å². The quantitative estimate of drug-likeness (QED) is 0.822. The van der Waals surface area contributed by atoms with Crippen LogP contribution in [0.4, 0.5) is 5.69 Å². The van der Waals surface area contributed by atoms with Crippen LogP contribution < -0.4 is 4.90 Å². The molecule has 0 aliphatic carbocycles. The van der Waals surface area contributed by atoms with Crippen LogP contribution >= 0.6 is 0 Å². The number of carbonyl (C=O) groups is 1. The summed E-state index contributed by atoms with van der Waals surface area (Å²) in [5, 5.41) is 0. The van der Waals surface area contributed by atoms with Gasteiger partial charge in [0.05, 0.1) is 4.90 Å². The average molecular weight is 268 g/mol. The van der Waals surface area contributed by atoms with Crippen LogP contribution in [0.15, 0.2) is 29.2 Å². The highest BCUT2D eigenvalue weighted by Gasteiger charge is 2.32. The zero-order chi connectivity index (χ0) is 13.3. The van der Waals surface area contributed by atoms with E-state index in [9.17, 15) is 13.2 Å². The molecule has 1 amide bonds. The maximum Gasteiger partial charge on any atom is 0.266 e. The molecule has 6 heteroatoms. The number of hydrogen-bond donors (Lipinski definition) is 0. The van der Waals surface area contributed by atoms with Crippen molar-refractivity contribution in [2.45, 2.75) is 17.7 Å². The van der Waals surface area contributed by atoms with Gasteiger partial charge in [-0.2, -0.15) is 0 Å². The lowest BCUT2D eigenvalue weighted by Gasteiger charge is -2.17. The normalized spacial score (nSPS) is 16.1. The maximum absolute atomic E-state index is 12.2. The van der Waals surface area contributed by atoms with E-state index in [1.54, 1.807) is 12.1 Å². The van der Waals surface area contributed by atoms with Gasteiger partial charge in [-0.25, -0.2) is 12.7 Å². The first kappa shape index (κ1) is 12.9. The SMILES string of the molecule is CN(C)c1ccc(S(=O)(=O)N2CCCC2=O)cc1. The summed E-state index contributed by atoms with van der Waals surface area (Å²) in [7, 11) is 0.0998. The number of benzene rings is 1. The van der Waals surface area contributed by atoms with Gasteiger partial charge in [-0.05, 0) is 30.7 Å². The summed E-state index contributed by atoms with van der Waals surface area (Å²) in [4.78, 5) is 13.6. The molecule has 1 fully saturated rings. The van der Waals surface area contributed by atoms with E-state index in [0.717, 1.165) is 9.99 Å². The van der Waals surface area contributed by atoms with E-state index in [-0.39, 0.29) is 17.3 Å². The lowest BCUT2D eigenvalue weighted by molar-refractivity contribution is -0.123. The number of carbonyl (C=O) groups excluding carboxylic acids is 1. The van der Waals surface area contributed by atoms with Crippen molar-refractivity contribution in [3.8, 4) is 0 Å². The summed E-state index contributed by atoms with van der Waals surface area (Å²) in [5.41, 5.74) is 0.918. The molecule has 0 radical (unpaired) electrons. The summed E-state index contributed by atoms with van der Waals surface area (Å²) in [6.45, 7) is 0.288. The monoisotopic (exact) mass is 268 g/mol. The van der Waals surface area contributed by atoms with E-state index < -0.39 is 10.0 Å². The van der Waals surface area contributed by atoms with Crippen molar-refractivity contribution in [2.24, 2.45) is 0 Å². The molecule has 0 spiro atoms. The summed E-state index contributed by atoms with van der Waals surface area (Å²) in [5.74, 6) is -0.313. The first-order valence-electron chi connectivity index (χ1n) is 5.76. The van der Waals surface area contributed by atoms with Gasteiger partial charge < -0.3 is 4.90 Å². The molecule has 5 nitrogen and oxygen atoms in total. The third-order valence-electron chi connectivity index (χ3n) is 2.97. The van der Waals surface area contributed by atoms with Crippen LogP contribution in [0.25, 0.3) is 0 Å². The standard InChI is InChI=1S/C12H16N2O3S/c1-13(2)10-5-7-11(8-6-10)18(16,17)14-9-3-4-12(14)15/h5-8H,3-4,9H2,1-2H3. The molecule has 2 rings (SSSR count). The number of rotatable bonds is 3. The highest BCUT2D eigenvalue weighted by atomic mass is 32.2. The smallest absolute Gasteiger partial charge is 0.266 e. The zero-order valence-corrected chi connectivity index (χ0v) is 11.3. The van der Waals surface area contributed by atoms with Crippen molar-refractivity contribution >= 4 is 21.6 Å². The van der Waals surface area contributed by atoms with Gasteiger partial charge in [0.15, 0.2) is 0 Å². The summed E-state index contributed by atoms with van der Waals surface area (Å²) in [6, 6.07) is 6.54. The molecule has 18 heavy (non-hydrogen) atoms. The minimum Gasteiger partial charge on any atom is -0.378 e. The van der Waals surface area contributed by atoms with E-state index in [1.807, 2.05) is 19.0 Å². The zero-order valence-electron chi connectivity index (χ0n) is 10.5. The lowest BCUT2D eigenvalue weighted by Crippen LogP contribution is -2.31. The van der Waals surface area contributed by atoms with Crippen molar-refractivity contribution in [3.63, 3.8) is 0 Å². The maximum atomic E-state index is 12.2. The second-order valence-corrected chi connectivity index (χ2v) is 6.33. The van der Waals surface area contributed by atoms with Gasteiger partial charge >= 0.3 is 0 Å². The first-order valence-corrected chi connectivity index (χ1v) is 7.20. The third kappa shape index (κ3) is 2.20. The van der Waals surface area contributed by atoms with Crippen molar-refractivity contribution in [3.05, 3.63) is 24.3 Å². The summed E-state index contributed by atoms with van der Waals surface area (Å²) in [6.07, 6.45) is 0.920. The molecule has 0 unspecified atom stereocenters. The van der Waals surface area contributed by atoms with E-state index in [1.165, 1.54) is 12.1 Å². The predicted molar refractivity (Wildman–Crippen MR) is 68.9 cm³/mol. The molecule has 1 aromatic rings. The second kappa shape index (κ2) is 4.61. The third-order valence-corrected chi connectivity index (χ3v) is 4.81.